The minimum atomic E-state index is -3.29. The lowest BCUT2D eigenvalue weighted by Crippen LogP contribution is -2.24. The van der Waals surface area contributed by atoms with Gasteiger partial charge >= 0.3 is 5.97 Å². The summed E-state index contributed by atoms with van der Waals surface area (Å²) in [6, 6.07) is 13.5. The molecule has 0 aromatic heterocycles. The molecule has 2 aromatic carbocycles. The molecule has 0 saturated heterocycles. The molecule has 0 aliphatic heterocycles. The van der Waals surface area contributed by atoms with Crippen LogP contribution in [-0.4, -0.2) is 39.5 Å². The number of esters is 1. The molecule has 7 heteroatoms. The second-order valence-corrected chi connectivity index (χ2v) is 9.88. The third kappa shape index (κ3) is 6.01. The summed E-state index contributed by atoms with van der Waals surface area (Å²) in [6.45, 7) is 4.04. The number of ether oxygens (including phenoxy) is 1. The lowest BCUT2D eigenvalue weighted by atomic mass is 10.00. The van der Waals surface area contributed by atoms with Crippen LogP contribution in [0.25, 0.3) is 0 Å². The molecule has 0 saturated carbocycles. The Morgan fingerprint density at radius 1 is 1.04 bits per heavy atom. The summed E-state index contributed by atoms with van der Waals surface area (Å²) >= 11 is 3.42. The van der Waals surface area contributed by atoms with Gasteiger partial charge in [-0.25, -0.2) is 13.2 Å². The van der Waals surface area contributed by atoms with Crippen molar-refractivity contribution in [3.05, 3.63) is 64.1 Å². The van der Waals surface area contributed by atoms with Gasteiger partial charge in [0.15, 0.2) is 9.84 Å². The largest absolute Gasteiger partial charge is 0.467 e. The van der Waals surface area contributed by atoms with Gasteiger partial charge < -0.3 is 4.74 Å². The van der Waals surface area contributed by atoms with Crippen LogP contribution in [0.5, 0.6) is 0 Å². The van der Waals surface area contributed by atoms with Crippen molar-refractivity contribution >= 4 is 37.4 Å². The Morgan fingerprint density at radius 3 is 1.96 bits per heavy atom. The number of carbonyl (C=O) groups is 1. The van der Waals surface area contributed by atoms with Crippen LogP contribution in [0.3, 0.4) is 0 Å². The minimum Gasteiger partial charge on any atom is -0.467 e. The fourth-order valence-corrected chi connectivity index (χ4v) is 3.62. The topological polar surface area (TPSA) is 72.8 Å². The quantitative estimate of drug-likeness (QED) is 0.451. The van der Waals surface area contributed by atoms with Crippen LogP contribution in [0.1, 0.15) is 31.4 Å². The Balaban J connectivity index is 2.58. The molecule has 0 aliphatic rings. The van der Waals surface area contributed by atoms with Gasteiger partial charge in [0.1, 0.15) is 6.04 Å². The molecule has 2 rings (SSSR count). The van der Waals surface area contributed by atoms with E-state index in [2.05, 4.69) is 15.9 Å². The maximum Gasteiger partial charge on any atom is 0.330 e. The maximum atomic E-state index is 12.3. The average molecular weight is 466 g/mol. The summed E-state index contributed by atoms with van der Waals surface area (Å²) in [6.07, 6.45) is 1.72. The molecule has 2 aromatic rings. The lowest BCUT2D eigenvalue weighted by molar-refractivity contribution is -0.142. The number of rotatable bonds is 7. The molecule has 0 spiro atoms. The van der Waals surface area contributed by atoms with Crippen LogP contribution in [0.4, 0.5) is 0 Å². The standard InChI is InChI=1S/C21H24BrNO4S/c1-14(2)13-19(21(24)27-3)23-20(15-5-9-17(22)10-6-15)16-7-11-18(12-8-16)28(4,25)26/h5-12,14,19H,13H2,1-4H3/b23-20+/t19-/m0/s1. The van der Waals surface area contributed by atoms with Crippen molar-refractivity contribution < 1.29 is 17.9 Å². The second-order valence-electron chi connectivity index (χ2n) is 6.95. The number of aliphatic imine (C=N–C) groups is 1. The Hall–Kier alpha value is -1.99. The molecule has 1 atom stereocenters. The number of carbonyl (C=O) groups excluding carboxylic acids is 1. The molecule has 0 amide bonds. The number of hydrogen-bond donors (Lipinski definition) is 0. The molecule has 28 heavy (non-hydrogen) atoms. The molecule has 0 heterocycles. The van der Waals surface area contributed by atoms with Crippen LogP contribution in [0.15, 0.2) is 62.9 Å². The molecule has 0 unspecified atom stereocenters. The Morgan fingerprint density at radius 2 is 1.54 bits per heavy atom. The van der Waals surface area contributed by atoms with Crippen molar-refractivity contribution in [1.82, 2.24) is 0 Å². The van der Waals surface area contributed by atoms with E-state index in [0.29, 0.717) is 12.1 Å². The fraction of sp³-hybridized carbons (Fsp3) is 0.333. The van der Waals surface area contributed by atoms with Crippen molar-refractivity contribution in [2.75, 3.05) is 13.4 Å². The van der Waals surface area contributed by atoms with Gasteiger partial charge in [0.2, 0.25) is 0 Å². The minimum absolute atomic E-state index is 0.234. The molecule has 0 bridgehead atoms. The monoisotopic (exact) mass is 465 g/mol. The first-order valence-electron chi connectivity index (χ1n) is 8.84. The first-order chi connectivity index (χ1) is 13.1. The van der Waals surface area contributed by atoms with Gasteiger partial charge in [-0.1, -0.05) is 54.0 Å². The van der Waals surface area contributed by atoms with Crippen molar-refractivity contribution in [2.45, 2.75) is 31.2 Å². The number of sulfone groups is 1. The Kier molecular flexibility index (Phi) is 7.55. The first kappa shape index (κ1) is 22.3. The normalized spacial score (nSPS) is 13.4. The first-order valence-corrected chi connectivity index (χ1v) is 11.5. The van der Waals surface area contributed by atoms with Crippen LogP contribution in [0, 0.1) is 5.92 Å². The van der Waals surface area contributed by atoms with Crippen LogP contribution in [0.2, 0.25) is 0 Å². The van der Waals surface area contributed by atoms with Gasteiger partial charge in [-0.15, -0.1) is 0 Å². The lowest BCUT2D eigenvalue weighted by Gasteiger charge is -2.16. The van der Waals surface area contributed by atoms with E-state index in [4.69, 9.17) is 9.73 Å². The number of hydrogen-bond acceptors (Lipinski definition) is 5. The summed E-state index contributed by atoms with van der Waals surface area (Å²) in [5, 5.41) is 0. The van der Waals surface area contributed by atoms with Crippen molar-refractivity contribution in [3.8, 4) is 0 Å². The van der Waals surface area contributed by atoms with Crippen molar-refractivity contribution in [1.29, 1.82) is 0 Å². The van der Waals surface area contributed by atoms with E-state index in [1.54, 1.807) is 24.3 Å². The molecular formula is C21H24BrNO4S. The Bertz CT molecular complexity index is 949. The molecule has 5 nitrogen and oxygen atoms in total. The molecule has 0 aliphatic carbocycles. The highest BCUT2D eigenvalue weighted by atomic mass is 79.9. The highest BCUT2D eigenvalue weighted by molar-refractivity contribution is 9.10. The maximum absolute atomic E-state index is 12.3. The van der Waals surface area contributed by atoms with E-state index >= 15 is 0 Å². The smallest absolute Gasteiger partial charge is 0.330 e. The van der Waals surface area contributed by atoms with Crippen molar-refractivity contribution in [2.24, 2.45) is 10.9 Å². The zero-order valence-corrected chi connectivity index (χ0v) is 18.7. The highest BCUT2D eigenvalue weighted by Gasteiger charge is 2.22. The summed E-state index contributed by atoms with van der Waals surface area (Å²) in [5.41, 5.74) is 2.17. The summed E-state index contributed by atoms with van der Waals surface area (Å²) in [5.74, 6) is -0.136. The Labute approximate surface area is 174 Å². The van der Waals surface area contributed by atoms with Gasteiger partial charge in [0, 0.05) is 21.9 Å². The van der Waals surface area contributed by atoms with Gasteiger partial charge in [-0.3, -0.25) is 4.99 Å². The van der Waals surface area contributed by atoms with E-state index in [0.717, 1.165) is 15.6 Å². The van der Waals surface area contributed by atoms with Gasteiger partial charge in [0.05, 0.1) is 17.7 Å². The number of nitrogens with zero attached hydrogens (tertiary/aromatic N) is 1. The predicted molar refractivity (Wildman–Crippen MR) is 115 cm³/mol. The van der Waals surface area contributed by atoms with Gasteiger partial charge in [-0.2, -0.15) is 0 Å². The van der Waals surface area contributed by atoms with Crippen LogP contribution >= 0.6 is 15.9 Å². The molecule has 0 fully saturated rings. The van der Waals surface area contributed by atoms with E-state index < -0.39 is 21.8 Å². The van der Waals surface area contributed by atoms with E-state index in [1.165, 1.54) is 13.4 Å². The fourth-order valence-electron chi connectivity index (χ4n) is 2.72. The predicted octanol–water partition coefficient (Wildman–Crippen LogP) is 4.28. The molecule has 0 radical (unpaired) electrons. The molecule has 0 N–H and O–H groups in total. The van der Waals surface area contributed by atoms with Crippen LogP contribution < -0.4 is 0 Å². The SMILES string of the molecule is COC(=O)[C@H](CC(C)C)/N=C(\c1ccc(Br)cc1)c1ccc(S(C)(=O)=O)cc1. The molecule has 150 valence electrons. The summed E-state index contributed by atoms with van der Waals surface area (Å²) in [4.78, 5) is 17.2. The summed E-state index contributed by atoms with van der Waals surface area (Å²) in [7, 11) is -1.94. The summed E-state index contributed by atoms with van der Waals surface area (Å²) < 4.78 is 29.4. The highest BCUT2D eigenvalue weighted by Crippen LogP contribution is 2.20. The van der Waals surface area contributed by atoms with Gasteiger partial charge in [0.25, 0.3) is 0 Å². The number of benzene rings is 2. The van der Waals surface area contributed by atoms with E-state index in [1.807, 2.05) is 38.1 Å². The second kappa shape index (κ2) is 9.47. The van der Waals surface area contributed by atoms with E-state index in [9.17, 15) is 13.2 Å². The molecular weight excluding hydrogens is 442 g/mol. The third-order valence-electron chi connectivity index (χ3n) is 4.13. The van der Waals surface area contributed by atoms with Gasteiger partial charge in [-0.05, 0) is 36.6 Å². The van der Waals surface area contributed by atoms with Crippen LogP contribution in [-0.2, 0) is 19.4 Å². The zero-order valence-electron chi connectivity index (χ0n) is 16.3. The number of halogens is 1. The zero-order chi connectivity index (χ0) is 20.9. The van der Waals surface area contributed by atoms with Crippen molar-refractivity contribution in [3.63, 3.8) is 0 Å². The number of methoxy groups -OCH3 is 1. The third-order valence-corrected chi connectivity index (χ3v) is 5.78. The van der Waals surface area contributed by atoms with E-state index in [-0.39, 0.29) is 10.8 Å². The average Bonchev–Trinajstić information content (AvgIpc) is 2.64.